The molecule has 1 saturated carbocycles. The number of esters is 1. The quantitative estimate of drug-likeness (QED) is 0.588. The maximum atomic E-state index is 12.0. The number of hydrogen-bond acceptors (Lipinski definition) is 4. The highest BCUT2D eigenvalue weighted by molar-refractivity contribution is 5.89. The van der Waals surface area contributed by atoms with Crippen LogP contribution in [0.3, 0.4) is 0 Å². The van der Waals surface area contributed by atoms with E-state index in [4.69, 9.17) is 4.42 Å². The molecule has 1 heterocycles. The SMILES string of the molecule is COC(=O)c1cc(=O)c2cc(C#CC3CC3)ccc2o1. The van der Waals surface area contributed by atoms with E-state index in [9.17, 15) is 9.59 Å². The number of methoxy groups -OCH3 is 1. The van der Waals surface area contributed by atoms with Crippen LogP contribution in [0.25, 0.3) is 11.0 Å². The summed E-state index contributed by atoms with van der Waals surface area (Å²) < 4.78 is 9.91. The number of benzene rings is 1. The second-order valence-corrected chi connectivity index (χ2v) is 4.72. The van der Waals surface area contributed by atoms with E-state index < -0.39 is 5.97 Å². The first-order chi connectivity index (χ1) is 9.67. The largest absolute Gasteiger partial charge is 0.463 e. The van der Waals surface area contributed by atoms with E-state index in [1.54, 1.807) is 18.2 Å². The summed E-state index contributed by atoms with van der Waals surface area (Å²) in [5.41, 5.74) is 0.860. The van der Waals surface area contributed by atoms with Gasteiger partial charge < -0.3 is 9.15 Å². The van der Waals surface area contributed by atoms with E-state index in [1.165, 1.54) is 7.11 Å². The third-order valence-corrected chi connectivity index (χ3v) is 3.11. The molecule has 3 rings (SSSR count). The fourth-order valence-electron chi connectivity index (χ4n) is 1.85. The topological polar surface area (TPSA) is 56.5 Å². The predicted octanol–water partition coefficient (Wildman–Crippen LogP) is 2.34. The first-order valence-corrected chi connectivity index (χ1v) is 6.35. The van der Waals surface area contributed by atoms with Gasteiger partial charge in [0.1, 0.15) is 5.58 Å². The third kappa shape index (κ3) is 2.43. The van der Waals surface area contributed by atoms with Crippen LogP contribution in [0.15, 0.2) is 33.5 Å². The van der Waals surface area contributed by atoms with Crippen LogP contribution in [0.4, 0.5) is 0 Å². The highest BCUT2D eigenvalue weighted by Gasteiger charge is 2.17. The molecule has 20 heavy (non-hydrogen) atoms. The molecule has 1 fully saturated rings. The van der Waals surface area contributed by atoms with E-state index in [2.05, 4.69) is 16.6 Å². The Hall–Kier alpha value is -2.54. The molecule has 1 aromatic heterocycles. The highest BCUT2D eigenvalue weighted by Crippen LogP contribution is 2.27. The van der Waals surface area contributed by atoms with Crippen LogP contribution in [-0.2, 0) is 4.74 Å². The van der Waals surface area contributed by atoms with Crippen LogP contribution in [0.2, 0.25) is 0 Å². The maximum Gasteiger partial charge on any atom is 0.374 e. The van der Waals surface area contributed by atoms with Crippen molar-refractivity contribution in [1.29, 1.82) is 0 Å². The minimum absolute atomic E-state index is 0.0955. The molecule has 4 heteroatoms. The van der Waals surface area contributed by atoms with Crippen LogP contribution < -0.4 is 5.43 Å². The Kier molecular flexibility index (Phi) is 3.03. The molecule has 0 spiro atoms. The average molecular weight is 268 g/mol. The summed E-state index contributed by atoms with van der Waals surface area (Å²) in [6, 6.07) is 6.27. The minimum Gasteiger partial charge on any atom is -0.463 e. The fourth-order valence-corrected chi connectivity index (χ4v) is 1.85. The fraction of sp³-hybridized carbons (Fsp3) is 0.250. The molecule has 0 radical (unpaired) electrons. The van der Waals surface area contributed by atoms with Gasteiger partial charge in [0.15, 0.2) is 5.43 Å². The predicted molar refractivity (Wildman–Crippen MR) is 73.4 cm³/mol. The van der Waals surface area contributed by atoms with Crippen molar-refractivity contribution < 1.29 is 13.9 Å². The number of hydrogen-bond donors (Lipinski definition) is 0. The molecule has 0 N–H and O–H groups in total. The van der Waals surface area contributed by atoms with Gasteiger partial charge in [-0.05, 0) is 31.0 Å². The minimum atomic E-state index is -0.665. The lowest BCUT2D eigenvalue weighted by atomic mass is 10.1. The van der Waals surface area contributed by atoms with Crippen LogP contribution in [0.1, 0.15) is 29.0 Å². The van der Waals surface area contributed by atoms with Crippen LogP contribution in [0.5, 0.6) is 0 Å². The Morgan fingerprint density at radius 3 is 2.85 bits per heavy atom. The van der Waals surface area contributed by atoms with Gasteiger partial charge in [0.05, 0.1) is 12.5 Å². The molecule has 4 nitrogen and oxygen atoms in total. The molecule has 0 saturated heterocycles. The van der Waals surface area contributed by atoms with Gasteiger partial charge in [0.2, 0.25) is 5.76 Å². The van der Waals surface area contributed by atoms with Crippen LogP contribution in [-0.4, -0.2) is 13.1 Å². The summed E-state index contributed by atoms with van der Waals surface area (Å²) in [7, 11) is 1.24. The summed E-state index contributed by atoms with van der Waals surface area (Å²) in [6.45, 7) is 0. The van der Waals surface area contributed by atoms with Crippen molar-refractivity contribution in [3.05, 3.63) is 45.8 Å². The molecule has 1 aromatic carbocycles. The van der Waals surface area contributed by atoms with Gasteiger partial charge in [0.25, 0.3) is 0 Å². The summed E-state index contributed by atoms with van der Waals surface area (Å²) in [5.74, 6) is 5.93. The van der Waals surface area contributed by atoms with Gasteiger partial charge in [-0.15, -0.1) is 0 Å². The first kappa shape index (κ1) is 12.5. The second kappa shape index (κ2) is 4.86. The zero-order valence-corrected chi connectivity index (χ0v) is 10.9. The average Bonchev–Trinajstić information content (AvgIpc) is 3.28. The maximum absolute atomic E-state index is 12.0. The van der Waals surface area contributed by atoms with E-state index in [0.29, 0.717) is 16.9 Å². The molecule has 100 valence electrons. The van der Waals surface area contributed by atoms with E-state index >= 15 is 0 Å². The standard InChI is InChI=1S/C16H12O4/c1-19-16(18)15-9-13(17)12-8-11(5-4-10-2-3-10)6-7-14(12)20-15/h6-10H,2-3H2,1H3. The van der Waals surface area contributed by atoms with Gasteiger partial charge in [-0.3, -0.25) is 4.79 Å². The van der Waals surface area contributed by atoms with Gasteiger partial charge in [-0.2, -0.15) is 0 Å². The van der Waals surface area contributed by atoms with Gasteiger partial charge in [0, 0.05) is 17.5 Å². The molecular weight excluding hydrogens is 256 g/mol. The van der Waals surface area contributed by atoms with Crippen molar-refractivity contribution in [2.45, 2.75) is 12.8 Å². The second-order valence-electron chi connectivity index (χ2n) is 4.72. The lowest BCUT2D eigenvalue weighted by Crippen LogP contribution is -2.08. The summed E-state index contributed by atoms with van der Waals surface area (Å²) in [5, 5.41) is 0.417. The molecule has 0 amide bonds. The number of ether oxygens (including phenoxy) is 1. The number of rotatable bonds is 1. The number of fused-ring (bicyclic) bond motifs is 1. The molecule has 2 aromatic rings. The van der Waals surface area contributed by atoms with Gasteiger partial charge >= 0.3 is 5.97 Å². The molecule has 0 bridgehead atoms. The Morgan fingerprint density at radius 1 is 1.35 bits per heavy atom. The van der Waals surface area contributed by atoms with Crippen molar-refractivity contribution in [3.63, 3.8) is 0 Å². The first-order valence-electron chi connectivity index (χ1n) is 6.35. The molecule has 0 unspecified atom stereocenters. The lowest BCUT2D eigenvalue weighted by molar-refractivity contribution is 0.0565. The summed E-state index contributed by atoms with van der Waals surface area (Å²) in [6.07, 6.45) is 2.32. The van der Waals surface area contributed by atoms with Crippen LogP contribution >= 0.6 is 0 Å². The molecule has 1 aliphatic rings. The molecular formula is C16H12O4. The Bertz CT molecular complexity index is 801. The van der Waals surface area contributed by atoms with Gasteiger partial charge in [-0.25, -0.2) is 4.79 Å². The van der Waals surface area contributed by atoms with E-state index in [-0.39, 0.29) is 11.2 Å². The highest BCUT2D eigenvalue weighted by atomic mass is 16.5. The zero-order chi connectivity index (χ0) is 14.1. The third-order valence-electron chi connectivity index (χ3n) is 3.11. The normalized spacial score (nSPS) is 13.7. The lowest BCUT2D eigenvalue weighted by Gasteiger charge is -2.01. The van der Waals surface area contributed by atoms with Crippen molar-refractivity contribution in [1.82, 2.24) is 0 Å². The number of carbonyl (C=O) groups is 1. The van der Waals surface area contributed by atoms with E-state index in [0.717, 1.165) is 24.5 Å². The van der Waals surface area contributed by atoms with Crippen molar-refractivity contribution in [2.75, 3.05) is 7.11 Å². The molecule has 0 atom stereocenters. The van der Waals surface area contributed by atoms with Gasteiger partial charge in [-0.1, -0.05) is 11.8 Å². The van der Waals surface area contributed by atoms with Crippen molar-refractivity contribution >= 4 is 16.9 Å². The molecule has 1 aliphatic carbocycles. The Morgan fingerprint density at radius 2 is 2.15 bits per heavy atom. The summed E-state index contributed by atoms with van der Waals surface area (Å²) >= 11 is 0. The van der Waals surface area contributed by atoms with E-state index in [1.807, 2.05) is 0 Å². The number of carbonyl (C=O) groups excluding carboxylic acids is 1. The zero-order valence-electron chi connectivity index (χ0n) is 10.9. The van der Waals surface area contributed by atoms with Crippen molar-refractivity contribution in [2.24, 2.45) is 5.92 Å². The summed E-state index contributed by atoms with van der Waals surface area (Å²) in [4.78, 5) is 23.4. The molecule has 0 aliphatic heterocycles. The van der Waals surface area contributed by atoms with Crippen molar-refractivity contribution in [3.8, 4) is 11.8 Å². The Balaban J connectivity index is 2.07. The smallest absolute Gasteiger partial charge is 0.374 e. The Labute approximate surface area is 115 Å². The monoisotopic (exact) mass is 268 g/mol. The van der Waals surface area contributed by atoms with Crippen LogP contribution in [0, 0.1) is 17.8 Å².